The molecule has 0 aliphatic heterocycles. The highest BCUT2D eigenvalue weighted by molar-refractivity contribution is 9.09. The molecule has 0 aromatic heterocycles. The molecule has 0 heterocycles. The predicted molar refractivity (Wildman–Crippen MR) is 84.2 cm³/mol. The third-order valence-corrected chi connectivity index (χ3v) is 4.17. The van der Waals surface area contributed by atoms with Crippen LogP contribution in [0, 0.1) is 16.0 Å². The molecule has 1 rings (SSSR count). The van der Waals surface area contributed by atoms with Gasteiger partial charge in [0.2, 0.25) is 0 Å². The van der Waals surface area contributed by atoms with E-state index in [4.69, 9.17) is 4.74 Å². The Morgan fingerprint density at radius 1 is 1.52 bits per heavy atom. The first-order chi connectivity index (χ1) is 9.99. The van der Waals surface area contributed by atoms with Gasteiger partial charge in [-0.3, -0.25) is 14.9 Å². The molecule has 1 aromatic rings. The SMILES string of the molecule is COc1cc(C(=O)NCCCC(C)CBr)ccc1[N+](=O)[O-]. The summed E-state index contributed by atoms with van der Waals surface area (Å²) in [5.74, 6) is 0.400. The number of amides is 1. The summed E-state index contributed by atoms with van der Waals surface area (Å²) in [6.07, 6.45) is 1.91. The number of benzene rings is 1. The number of nitrogens with zero attached hydrogens (tertiary/aromatic N) is 1. The smallest absolute Gasteiger partial charge is 0.310 e. The molecule has 0 saturated carbocycles. The molecule has 0 aliphatic rings. The van der Waals surface area contributed by atoms with E-state index in [9.17, 15) is 14.9 Å². The molecule has 116 valence electrons. The Balaban J connectivity index is 2.60. The molecule has 0 saturated heterocycles. The first-order valence-electron chi connectivity index (χ1n) is 6.66. The number of methoxy groups -OCH3 is 1. The van der Waals surface area contributed by atoms with E-state index in [1.165, 1.54) is 25.3 Å². The predicted octanol–water partition coefficient (Wildman–Crippen LogP) is 3.14. The van der Waals surface area contributed by atoms with Gasteiger partial charge in [-0.2, -0.15) is 0 Å². The van der Waals surface area contributed by atoms with E-state index in [1.807, 2.05) is 0 Å². The number of hydrogen-bond acceptors (Lipinski definition) is 4. The highest BCUT2D eigenvalue weighted by atomic mass is 79.9. The van der Waals surface area contributed by atoms with Crippen molar-refractivity contribution in [2.75, 3.05) is 19.0 Å². The van der Waals surface area contributed by atoms with Gasteiger partial charge in [-0.25, -0.2) is 0 Å². The van der Waals surface area contributed by atoms with Crippen molar-refractivity contribution in [3.8, 4) is 5.75 Å². The fourth-order valence-corrected chi connectivity index (χ4v) is 2.13. The maximum atomic E-state index is 12.0. The van der Waals surface area contributed by atoms with Gasteiger partial charge in [0.1, 0.15) is 0 Å². The van der Waals surface area contributed by atoms with Gasteiger partial charge in [0.05, 0.1) is 12.0 Å². The Morgan fingerprint density at radius 2 is 2.24 bits per heavy atom. The molecular weight excluding hydrogens is 340 g/mol. The maximum absolute atomic E-state index is 12.0. The molecule has 0 spiro atoms. The number of nitrogens with one attached hydrogen (secondary N) is 1. The summed E-state index contributed by atoms with van der Waals surface area (Å²) in [6, 6.07) is 4.09. The largest absolute Gasteiger partial charge is 0.490 e. The van der Waals surface area contributed by atoms with Crippen LogP contribution in [-0.2, 0) is 0 Å². The maximum Gasteiger partial charge on any atom is 0.310 e. The average molecular weight is 359 g/mol. The van der Waals surface area contributed by atoms with Gasteiger partial charge in [0.15, 0.2) is 5.75 Å². The third kappa shape index (κ3) is 5.34. The van der Waals surface area contributed by atoms with Gasteiger partial charge in [-0.1, -0.05) is 22.9 Å². The molecule has 7 heteroatoms. The van der Waals surface area contributed by atoms with E-state index in [0.29, 0.717) is 18.0 Å². The lowest BCUT2D eigenvalue weighted by Crippen LogP contribution is -2.24. The molecule has 1 atom stereocenters. The van der Waals surface area contributed by atoms with Crippen LogP contribution < -0.4 is 10.1 Å². The minimum absolute atomic E-state index is 0.0839. The van der Waals surface area contributed by atoms with Gasteiger partial charge in [0, 0.05) is 29.6 Å². The van der Waals surface area contributed by atoms with Crippen LogP contribution in [0.25, 0.3) is 0 Å². The van der Waals surface area contributed by atoms with Crippen molar-refractivity contribution in [2.45, 2.75) is 19.8 Å². The van der Waals surface area contributed by atoms with E-state index in [1.54, 1.807) is 0 Å². The van der Waals surface area contributed by atoms with E-state index >= 15 is 0 Å². The molecule has 1 unspecified atom stereocenters. The van der Waals surface area contributed by atoms with Crippen molar-refractivity contribution in [3.63, 3.8) is 0 Å². The van der Waals surface area contributed by atoms with Crippen LogP contribution in [0.2, 0.25) is 0 Å². The summed E-state index contributed by atoms with van der Waals surface area (Å²) < 4.78 is 4.94. The van der Waals surface area contributed by atoms with Crippen LogP contribution >= 0.6 is 15.9 Å². The molecule has 0 bridgehead atoms. The molecule has 6 nitrogen and oxygen atoms in total. The van der Waals surface area contributed by atoms with Gasteiger partial charge in [-0.15, -0.1) is 0 Å². The lowest BCUT2D eigenvalue weighted by atomic mass is 10.1. The summed E-state index contributed by atoms with van der Waals surface area (Å²) >= 11 is 3.41. The lowest BCUT2D eigenvalue weighted by molar-refractivity contribution is -0.385. The Kier molecular flexibility index (Phi) is 7.14. The second kappa shape index (κ2) is 8.61. The minimum Gasteiger partial charge on any atom is -0.490 e. The number of nitro groups is 1. The number of ether oxygens (including phenoxy) is 1. The van der Waals surface area contributed by atoms with Crippen LogP contribution in [-0.4, -0.2) is 29.8 Å². The summed E-state index contributed by atoms with van der Waals surface area (Å²) in [6.45, 7) is 2.72. The number of halogens is 1. The van der Waals surface area contributed by atoms with Gasteiger partial charge >= 0.3 is 5.69 Å². The van der Waals surface area contributed by atoms with E-state index in [-0.39, 0.29) is 17.3 Å². The highest BCUT2D eigenvalue weighted by Gasteiger charge is 2.17. The molecular formula is C14H19BrN2O4. The minimum atomic E-state index is -0.540. The Labute approximate surface area is 132 Å². The number of rotatable bonds is 8. The Bertz CT molecular complexity index is 508. The number of alkyl halides is 1. The summed E-state index contributed by atoms with van der Waals surface area (Å²) in [5, 5.41) is 14.5. The van der Waals surface area contributed by atoms with E-state index < -0.39 is 4.92 Å². The molecule has 21 heavy (non-hydrogen) atoms. The zero-order valence-electron chi connectivity index (χ0n) is 12.1. The van der Waals surface area contributed by atoms with Crippen LogP contribution in [0.4, 0.5) is 5.69 Å². The van der Waals surface area contributed by atoms with Crippen molar-refractivity contribution < 1.29 is 14.5 Å². The van der Waals surface area contributed by atoms with Crippen molar-refractivity contribution in [1.29, 1.82) is 0 Å². The second-order valence-electron chi connectivity index (χ2n) is 4.80. The first kappa shape index (κ1) is 17.4. The molecule has 1 amide bonds. The topological polar surface area (TPSA) is 81.5 Å². The van der Waals surface area contributed by atoms with Crippen LogP contribution in [0.1, 0.15) is 30.1 Å². The zero-order valence-corrected chi connectivity index (χ0v) is 13.7. The molecule has 0 radical (unpaired) electrons. The summed E-state index contributed by atoms with van der Waals surface area (Å²) in [4.78, 5) is 22.2. The first-order valence-corrected chi connectivity index (χ1v) is 7.78. The Hall–Kier alpha value is -1.63. The molecule has 1 aromatic carbocycles. The monoisotopic (exact) mass is 358 g/mol. The number of carbonyl (C=O) groups is 1. The van der Waals surface area contributed by atoms with Crippen molar-refractivity contribution in [2.24, 2.45) is 5.92 Å². The van der Waals surface area contributed by atoms with Crippen molar-refractivity contribution >= 4 is 27.5 Å². The third-order valence-electron chi connectivity index (χ3n) is 3.06. The molecule has 1 N–H and O–H groups in total. The number of nitro benzene ring substituents is 1. The van der Waals surface area contributed by atoms with Crippen LogP contribution in [0.15, 0.2) is 18.2 Å². The zero-order chi connectivity index (χ0) is 15.8. The quantitative estimate of drug-likeness (QED) is 0.335. The number of carbonyl (C=O) groups excluding carboxylic acids is 1. The fourth-order valence-electron chi connectivity index (χ4n) is 1.80. The number of hydrogen-bond donors (Lipinski definition) is 1. The second-order valence-corrected chi connectivity index (χ2v) is 5.45. The standard InChI is InChI=1S/C14H19BrN2O4/c1-10(9-15)4-3-7-16-14(18)11-5-6-12(17(19)20)13(8-11)21-2/h5-6,8,10H,3-4,7,9H2,1-2H3,(H,16,18). The van der Waals surface area contributed by atoms with Gasteiger partial charge < -0.3 is 10.1 Å². The normalized spacial score (nSPS) is 11.8. The molecule has 0 fully saturated rings. The van der Waals surface area contributed by atoms with Crippen molar-refractivity contribution in [3.05, 3.63) is 33.9 Å². The van der Waals surface area contributed by atoms with Gasteiger partial charge in [0.25, 0.3) is 5.91 Å². The summed E-state index contributed by atoms with van der Waals surface area (Å²) in [7, 11) is 1.34. The fraction of sp³-hybridized carbons (Fsp3) is 0.500. The summed E-state index contributed by atoms with van der Waals surface area (Å²) in [5.41, 5.74) is 0.200. The Morgan fingerprint density at radius 3 is 2.81 bits per heavy atom. The van der Waals surface area contributed by atoms with Crippen molar-refractivity contribution in [1.82, 2.24) is 5.32 Å². The van der Waals surface area contributed by atoms with Gasteiger partial charge in [-0.05, 0) is 24.8 Å². The van der Waals surface area contributed by atoms with E-state index in [0.717, 1.165) is 18.2 Å². The lowest BCUT2D eigenvalue weighted by Gasteiger charge is -2.09. The average Bonchev–Trinajstić information content (AvgIpc) is 2.50. The van der Waals surface area contributed by atoms with Crippen LogP contribution in [0.3, 0.4) is 0 Å². The van der Waals surface area contributed by atoms with E-state index in [2.05, 4.69) is 28.2 Å². The van der Waals surface area contributed by atoms with Crippen LogP contribution in [0.5, 0.6) is 5.75 Å². The highest BCUT2D eigenvalue weighted by Crippen LogP contribution is 2.27. The molecule has 0 aliphatic carbocycles.